The highest BCUT2D eigenvalue weighted by atomic mass is 35.5. The number of nitrogens with one attached hydrogen (secondary N) is 1. The molecule has 1 aliphatic heterocycles. The van der Waals surface area contributed by atoms with E-state index in [1.54, 1.807) is 6.20 Å². The lowest BCUT2D eigenvalue weighted by Crippen LogP contribution is -2.28. The molecule has 1 aromatic heterocycles. The van der Waals surface area contributed by atoms with E-state index < -0.39 is 0 Å². The zero-order valence-corrected chi connectivity index (χ0v) is 8.26. The molecular weight excluding hydrogens is 186 g/mol. The first-order chi connectivity index (χ1) is 5.97. The Morgan fingerprint density at radius 3 is 2.92 bits per heavy atom. The molecule has 1 fully saturated rings. The van der Waals surface area contributed by atoms with E-state index in [-0.39, 0.29) is 12.4 Å². The van der Waals surface area contributed by atoms with E-state index in [1.807, 2.05) is 6.20 Å². The lowest BCUT2D eigenvalue weighted by Gasteiger charge is -2.22. The van der Waals surface area contributed by atoms with Crippen LogP contribution >= 0.6 is 12.4 Å². The normalized spacial score (nSPS) is 22.0. The fourth-order valence-corrected chi connectivity index (χ4v) is 1.68. The molecule has 0 radical (unpaired) electrons. The molecule has 1 saturated heterocycles. The van der Waals surface area contributed by atoms with Crippen LogP contribution in [0.1, 0.15) is 24.3 Å². The molecule has 72 valence electrons. The Morgan fingerprint density at radius 2 is 2.31 bits per heavy atom. The van der Waals surface area contributed by atoms with E-state index >= 15 is 0 Å². The van der Waals surface area contributed by atoms with Crippen LogP contribution in [0.5, 0.6) is 0 Å². The van der Waals surface area contributed by atoms with Gasteiger partial charge in [-0.15, -0.1) is 12.4 Å². The first-order valence-corrected chi connectivity index (χ1v) is 4.44. The summed E-state index contributed by atoms with van der Waals surface area (Å²) in [5, 5.41) is 11.0. The van der Waals surface area contributed by atoms with Gasteiger partial charge in [0.25, 0.3) is 0 Å². The number of rotatable bonds is 1. The summed E-state index contributed by atoms with van der Waals surface area (Å²) in [4.78, 5) is 0. The molecule has 4 heteroatoms. The number of nitrogens with zero attached hydrogens (tertiary/aromatic N) is 2. The minimum Gasteiger partial charge on any atom is -0.316 e. The first-order valence-electron chi connectivity index (χ1n) is 4.44. The minimum atomic E-state index is 0. The third kappa shape index (κ3) is 2.64. The van der Waals surface area contributed by atoms with Gasteiger partial charge < -0.3 is 5.32 Å². The van der Waals surface area contributed by atoms with Gasteiger partial charge in [-0.3, -0.25) is 0 Å². The molecule has 13 heavy (non-hydrogen) atoms. The smallest absolute Gasteiger partial charge is 0.0531 e. The maximum absolute atomic E-state index is 3.88. The monoisotopic (exact) mass is 199 g/mol. The molecule has 0 amide bonds. The largest absolute Gasteiger partial charge is 0.316 e. The summed E-state index contributed by atoms with van der Waals surface area (Å²) in [6.45, 7) is 2.25. The summed E-state index contributed by atoms with van der Waals surface area (Å²) < 4.78 is 0. The zero-order valence-electron chi connectivity index (χ0n) is 7.44. The molecule has 0 aliphatic carbocycles. The van der Waals surface area contributed by atoms with Crippen molar-refractivity contribution in [2.75, 3.05) is 13.1 Å². The van der Waals surface area contributed by atoms with E-state index in [0.29, 0.717) is 5.92 Å². The maximum Gasteiger partial charge on any atom is 0.0531 e. The van der Waals surface area contributed by atoms with Gasteiger partial charge in [0.2, 0.25) is 0 Å². The standard InChI is InChI=1S/C9H13N3.ClH/c1-2-8(6-10-4-1)9-3-5-11-12-7-9;/h3,5,7-8,10H,1-2,4,6H2;1H/t8-;/m0./s1. The van der Waals surface area contributed by atoms with Gasteiger partial charge in [-0.1, -0.05) is 0 Å². The molecule has 1 atom stereocenters. The molecule has 0 spiro atoms. The van der Waals surface area contributed by atoms with Crippen molar-refractivity contribution in [1.29, 1.82) is 0 Å². The van der Waals surface area contributed by atoms with Crippen LogP contribution in [-0.2, 0) is 0 Å². The number of piperidine rings is 1. The predicted molar refractivity (Wildman–Crippen MR) is 54.1 cm³/mol. The summed E-state index contributed by atoms with van der Waals surface area (Å²) in [6, 6.07) is 2.06. The van der Waals surface area contributed by atoms with E-state index in [1.165, 1.54) is 18.4 Å². The number of aromatic nitrogens is 2. The SMILES string of the molecule is Cl.c1cc([C@H]2CCCNC2)cnn1. The number of hydrogen-bond donors (Lipinski definition) is 1. The summed E-state index contributed by atoms with van der Waals surface area (Å²) in [5.41, 5.74) is 1.32. The second-order valence-electron chi connectivity index (χ2n) is 3.22. The molecule has 0 saturated carbocycles. The minimum absolute atomic E-state index is 0. The van der Waals surface area contributed by atoms with Gasteiger partial charge in [0, 0.05) is 12.7 Å². The molecule has 2 heterocycles. The van der Waals surface area contributed by atoms with E-state index in [9.17, 15) is 0 Å². The van der Waals surface area contributed by atoms with Crippen LogP contribution in [0.4, 0.5) is 0 Å². The second kappa shape index (κ2) is 5.14. The summed E-state index contributed by atoms with van der Waals surface area (Å²) in [5.74, 6) is 0.647. The van der Waals surface area contributed by atoms with Gasteiger partial charge in [-0.2, -0.15) is 10.2 Å². The second-order valence-corrected chi connectivity index (χ2v) is 3.22. The Morgan fingerprint density at radius 1 is 1.38 bits per heavy atom. The van der Waals surface area contributed by atoms with Crippen molar-refractivity contribution in [2.24, 2.45) is 0 Å². The first kappa shape index (κ1) is 10.4. The summed E-state index contributed by atoms with van der Waals surface area (Å²) >= 11 is 0. The van der Waals surface area contributed by atoms with Crippen molar-refractivity contribution < 1.29 is 0 Å². The average molecular weight is 200 g/mol. The van der Waals surface area contributed by atoms with E-state index in [0.717, 1.165) is 13.1 Å². The molecule has 3 nitrogen and oxygen atoms in total. The van der Waals surface area contributed by atoms with Crippen LogP contribution in [0.15, 0.2) is 18.5 Å². The predicted octanol–water partition coefficient (Wildman–Crippen LogP) is 1.37. The quantitative estimate of drug-likeness (QED) is 0.743. The molecule has 1 aromatic rings. The third-order valence-corrected chi connectivity index (χ3v) is 2.38. The van der Waals surface area contributed by atoms with Crippen LogP contribution in [0.25, 0.3) is 0 Å². The highest BCUT2D eigenvalue weighted by Gasteiger charge is 2.14. The van der Waals surface area contributed by atoms with E-state index in [2.05, 4.69) is 21.6 Å². The lowest BCUT2D eigenvalue weighted by atomic mass is 9.93. The molecule has 2 rings (SSSR count). The van der Waals surface area contributed by atoms with Crippen molar-refractivity contribution in [3.8, 4) is 0 Å². The fraction of sp³-hybridized carbons (Fsp3) is 0.556. The summed E-state index contributed by atoms with van der Waals surface area (Å²) in [7, 11) is 0. The van der Waals surface area contributed by atoms with Crippen molar-refractivity contribution in [3.05, 3.63) is 24.0 Å². The molecule has 0 bridgehead atoms. The van der Waals surface area contributed by atoms with Gasteiger partial charge in [0.05, 0.1) is 6.20 Å². The van der Waals surface area contributed by atoms with Crippen LogP contribution in [0, 0.1) is 0 Å². The average Bonchev–Trinajstić information content (AvgIpc) is 2.21. The molecule has 0 aromatic carbocycles. The van der Waals surface area contributed by atoms with Gasteiger partial charge in [-0.05, 0) is 36.9 Å². The Bertz CT molecular complexity index is 234. The highest BCUT2D eigenvalue weighted by Crippen LogP contribution is 2.21. The van der Waals surface area contributed by atoms with Crippen LogP contribution in [0.3, 0.4) is 0 Å². The van der Waals surface area contributed by atoms with Crippen LogP contribution in [-0.4, -0.2) is 23.3 Å². The maximum atomic E-state index is 3.88. The van der Waals surface area contributed by atoms with Gasteiger partial charge >= 0.3 is 0 Å². The number of halogens is 1. The number of hydrogen-bond acceptors (Lipinski definition) is 3. The van der Waals surface area contributed by atoms with Crippen LogP contribution < -0.4 is 5.32 Å². The fourth-order valence-electron chi connectivity index (χ4n) is 1.68. The zero-order chi connectivity index (χ0) is 8.23. The van der Waals surface area contributed by atoms with Crippen molar-refractivity contribution in [1.82, 2.24) is 15.5 Å². The Kier molecular flexibility index (Phi) is 4.12. The van der Waals surface area contributed by atoms with Gasteiger partial charge in [0.1, 0.15) is 0 Å². The van der Waals surface area contributed by atoms with Crippen molar-refractivity contribution in [3.63, 3.8) is 0 Å². The molecule has 1 N–H and O–H groups in total. The van der Waals surface area contributed by atoms with E-state index in [4.69, 9.17) is 0 Å². The topological polar surface area (TPSA) is 37.8 Å². The summed E-state index contributed by atoms with van der Waals surface area (Å²) in [6.07, 6.45) is 6.19. The molecule has 0 unspecified atom stereocenters. The van der Waals surface area contributed by atoms with Crippen molar-refractivity contribution in [2.45, 2.75) is 18.8 Å². The third-order valence-electron chi connectivity index (χ3n) is 2.38. The Balaban J connectivity index is 0.000000845. The molecule has 1 aliphatic rings. The van der Waals surface area contributed by atoms with Gasteiger partial charge in [-0.25, -0.2) is 0 Å². The van der Waals surface area contributed by atoms with Crippen LogP contribution in [0.2, 0.25) is 0 Å². The Hall–Kier alpha value is -0.670. The van der Waals surface area contributed by atoms with Gasteiger partial charge in [0.15, 0.2) is 0 Å². The Labute approximate surface area is 84.4 Å². The highest BCUT2D eigenvalue weighted by molar-refractivity contribution is 5.85. The molecular formula is C9H14ClN3. The lowest BCUT2D eigenvalue weighted by molar-refractivity contribution is 0.460. The van der Waals surface area contributed by atoms with Crippen molar-refractivity contribution >= 4 is 12.4 Å².